The Morgan fingerprint density at radius 2 is 0.911 bits per heavy atom. The number of carbonyl (C=O) groups is 8. The lowest BCUT2D eigenvalue weighted by molar-refractivity contribution is -0.138. The lowest BCUT2D eigenvalue weighted by Crippen LogP contribution is -2.44. The topological polar surface area (TPSA) is 295 Å². The molecule has 0 unspecified atom stereocenters. The Labute approximate surface area is 698 Å². The first-order valence-corrected chi connectivity index (χ1v) is 38.4. The van der Waals surface area contributed by atoms with Gasteiger partial charge in [0, 0.05) is 73.3 Å². The van der Waals surface area contributed by atoms with Gasteiger partial charge in [-0.1, -0.05) is 126 Å². The molecular weight excluding hydrogens is 1630 g/mol. The molecule has 10 amide bonds. The standard InChI is InChI=1S/C24H24N2O5.C24H24N2O4.C21H18F6N2O3.C20H18F4N2O4/c1-15-9-18(11-19(10-15)30-2)23-21(14-27)26(24(29)31-23)22(28)8-7-17-13-25-12-16-5-3-4-6-20(16)17;1-15-11-16(2)13-19(12-15)23-20(14-27)26(24(29)30-23)21(28)9-8-18-6-3-5-17-7-4-10-25-22(17)18;1-11-17(13-7-14(21(25,26)27)9-15(22)8-13)32-19(31)29(11)18(30)28-10-12-5-3-4-6-16(12)20(2,23)24;1-11-17(13-7-14(20(22,23)24)9-15(21)8-13)30-19(28)26(11)18(27)25-10-12-5-3-4-6-16(12)29-2/h3-6,9-13,21,23,27H,7-8,14H2,1-2H3;3-7,10-13,20,23,27H,8-9,14H2,1-2H3;3-9,11,17H,10H2,1-2H3,(H,28,30);3-9,11,17H,10H2,1-2H3,(H,25,27)/t21-,23+;20-,23+;2*11-,17-/m0000/s1. The van der Waals surface area contributed by atoms with E-state index in [0.717, 1.165) is 81.9 Å². The summed E-state index contributed by atoms with van der Waals surface area (Å²) in [5.41, 5.74) is 4.70. The minimum atomic E-state index is -4.82. The van der Waals surface area contributed by atoms with Crippen molar-refractivity contribution in [3.63, 3.8) is 0 Å². The number of hydrogen-bond donors (Lipinski definition) is 4. The maximum atomic E-state index is 13.7. The van der Waals surface area contributed by atoms with Gasteiger partial charge in [-0.2, -0.15) is 26.3 Å². The molecule has 24 nitrogen and oxygen atoms in total. The number of ether oxygens (including phenoxy) is 6. The molecule has 2 aromatic heterocycles. The maximum Gasteiger partial charge on any atom is 0.419 e. The van der Waals surface area contributed by atoms with Gasteiger partial charge in [0.25, 0.3) is 5.92 Å². The highest BCUT2D eigenvalue weighted by molar-refractivity contribution is 5.96. The van der Waals surface area contributed by atoms with Crippen LogP contribution in [0.1, 0.15) is 136 Å². The number of methoxy groups -OCH3 is 2. The van der Waals surface area contributed by atoms with E-state index in [1.807, 2.05) is 106 Å². The van der Waals surface area contributed by atoms with E-state index in [1.54, 1.807) is 56.0 Å². The third-order valence-electron chi connectivity index (χ3n) is 20.7. The van der Waals surface area contributed by atoms with E-state index in [-0.39, 0.29) is 66.6 Å². The van der Waals surface area contributed by atoms with Crippen molar-refractivity contribution in [1.82, 2.24) is 40.2 Å². The zero-order chi connectivity index (χ0) is 89.1. The molecule has 4 aliphatic heterocycles. The molecule has 0 aliphatic carbocycles. The van der Waals surface area contributed by atoms with Gasteiger partial charge < -0.3 is 49.3 Å². The summed E-state index contributed by atoms with van der Waals surface area (Å²) in [7, 11) is 3.03. The van der Waals surface area contributed by atoms with E-state index >= 15 is 0 Å². The number of hydrogen-bond acceptors (Lipinski definition) is 18. The Hall–Kier alpha value is -13.2. The largest absolute Gasteiger partial charge is 0.497 e. The molecule has 123 heavy (non-hydrogen) atoms. The zero-order valence-corrected chi connectivity index (χ0v) is 67.3. The predicted molar refractivity (Wildman–Crippen MR) is 425 cm³/mol. The second-order valence-electron chi connectivity index (χ2n) is 29.4. The molecule has 0 saturated carbocycles. The molecule has 4 fully saturated rings. The lowest BCUT2D eigenvalue weighted by Gasteiger charge is -2.22. The van der Waals surface area contributed by atoms with Crippen molar-refractivity contribution >= 4 is 69.9 Å². The second kappa shape index (κ2) is 38.7. The number of carbonyl (C=O) groups excluding carboxylic acids is 8. The van der Waals surface area contributed by atoms with Crippen molar-refractivity contribution in [2.24, 2.45) is 0 Å². The summed E-state index contributed by atoms with van der Waals surface area (Å²) >= 11 is 0. The monoisotopic (exact) mass is 1710 g/mol. The van der Waals surface area contributed by atoms with Gasteiger partial charge in [-0.25, -0.2) is 65.9 Å². The molecule has 14 rings (SSSR count). The van der Waals surface area contributed by atoms with Crippen LogP contribution in [0.2, 0.25) is 0 Å². The molecule has 10 aromatic rings. The number of rotatable bonds is 19. The van der Waals surface area contributed by atoms with Crippen LogP contribution in [0.5, 0.6) is 11.5 Å². The first-order valence-electron chi connectivity index (χ1n) is 38.4. The van der Waals surface area contributed by atoms with Gasteiger partial charge >= 0.3 is 48.8 Å². The summed E-state index contributed by atoms with van der Waals surface area (Å²) in [6.07, 6.45) is -10.9. The molecule has 6 heterocycles. The minimum absolute atomic E-state index is 0.0438. The number of nitrogens with one attached hydrogen (secondary N) is 2. The first kappa shape index (κ1) is 90.5. The molecule has 4 saturated heterocycles. The average Bonchev–Trinajstić information content (AvgIpc) is 1.65. The molecular formula is C89H84F10N8O16. The Balaban J connectivity index is 0.000000160. The van der Waals surface area contributed by atoms with Crippen LogP contribution in [-0.4, -0.2) is 140 Å². The smallest absolute Gasteiger partial charge is 0.419 e. The summed E-state index contributed by atoms with van der Waals surface area (Å²) in [5, 5.41) is 27.9. The van der Waals surface area contributed by atoms with E-state index in [0.29, 0.717) is 71.6 Å². The minimum Gasteiger partial charge on any atom is -0.497 e. The fraction of sp³-hybridized carbons (Fsp3) is 0.303. The van der Waals surface area contributed by atoms with Gasteiger partial charge in [0.2, 0.25) is 11.8 Å². The molecule has 8 atom stereocenters. The zero-order valence-electron chi connectivity index (χ0n) is 67.3. The second-order valence-corrected chi connectivity index (χ2v) is 29.4. The SMILES string of the molecule is COc1cc(C)cc([C@H]2OC(=O)N(C(=O)CCc3cncc4ccccc34)[C@H]2CO)c1.COc1ccccc1CNC(=O)N1C(=O)O[C@H](c2cc(F)cc(C(F)(F)F)c2)[C@@H]1C.C[C@H]1[C@@H](c2cc(F)cc(C(F)(F)F)c2)OC(=O)N1C(=O)NCc1ccccc1C(C)(F)F.Cc1cc(C)cc([C@H]2OC(=O)N(C(=O)CCc3cccc4cccnc34)[C@H]2CO)c1. The summed E-state index contributed by atoms with van der Waals surface area (Å²) in [5.74, 6) is -5.07. The van der Waals surface area contributed by atoms with Gasteiger partial charge in [0.15, 0.2) is 12.2 Å². The highest BCUT2D eigenvalue weighted by atomic mass is 19.4. The number of aliphatic hydroxyl groups excluding tert-OH is 2. The van der Waals surface area contributed by atoms with Crippen LogP contribution < -0.4 is 20.1 Å². The van der Waals surface area contributed by atoms with Crippen molar-refractivity contribution in [3.8, 4) is 11.5 Å². The van der Waals surface area contributed by atoms with Crippen LogP contribution >= 0.6 is 0 Å². The van der Waals surface area contributed by atoms with Gasteiger partial charge in [0.1, 0.15) is 47.4 Å². The molecule has 4 aliphatic rings. The molecule has 8 aromatic carbocycles. The summed E-state index contributed by atoms with van der Waals surface area (Å²) < 4.78 is 164. The average molecular weight is 1710 g/mol. The molecule has 0 bridgehead atoms. The molecule has 0 radical (unpaired) electrons. The number of para-hydroxylation sites is 2. The van der Waals surface area contributed by atoms with E-state index in [9.17, 15) is 92.5 Å². The number of pyridine rings is 2. The number of aryl methyl sites for hydroxylation is 5. The van der Waals surface area contributed by atoms with Crippen LogP contribution in [0.3, 0.4) is 0 Å². The van der Waals surface area contributed by atoms with Crippen LogP contribution in [0, 0.1) is 32.4 Å². The fourth-order valence-electron chi connectivity index (χ4n) is 14.9. The number of urea groups is 2. The van der Waals surface area contributed by atoms with E-state index < -0.39 is 133 Å². The van der Waals surface area contributed by atoms with Gasteiger partial charge in [-0.05, 0) is 158 Å². The number of cyclic esters (lactones) is 4. The Kier molecular flexibility index (Phi) is 28.4. The number of halogens is 10. The van der Waals surface area contributed by atoms with Crippen molar-refractivity contribution in [2.75, 3.05) is 27.4 Å². The van der Waals surface area contributed by atoms with E-state index in [1.165, 1.54) is 45.2 Å². The number of alkyl halides is 8. The summed E-state index contributed by atoms with van der Waals surface area (Å²) in [6, 6.07) is 39.5. The van der Waals surface area contributed by atoms with Crippen LogP contribution in [0.15, 0.2) is 195 Å². The van der Waals surface area contributed by atoms with Gasteiger partial charge in [-0.3, -0.25) is 19.6 Å². The normalized spacial score (nSPS) is 18.7. The number of aromatic nitrogens is 2. The summed E-state index contributed by atoms with van der Waals surface area (Å²) in [4.78, 5) is 113. The Morgan fingerprint density at radius 1 is 0.472 bits per heavy atom. The van der Waals surface area contributed by atoms with Crippen LogP contribution in [0.4, 0.5) is 72.7 Å². The van der Waals surface area contributed by atoms with Gasteiger partial charge in [-0.15, -0.1) is 0 Å². The number of nitrogens with zero attached hydrogens (tertiary/aromatic N) is 6. The number of amides is 10. The summed E-state index contributed by atoms with van der Waals surface area (Å²) in [6.45, 7) is 8.24. The molecule has 646 valence electrons. The van der Waals surface area contributed by atoms with Crippen molar-refractivity contribution < 1.29 is 121 Å². The van der Waals surface area contributed by atoms with Gasteiger partial charge in [0.05, 0.1) is 56.2 Å². The Morgan fingerprint density at radius 3 is 1.43 bits per heavy atom. The number of imide groups is 4. The quantitative estimate of drug-likeness (QED) is 0.0432. The van der Waals surface area contributed by atoms with E-state index in [2.05, 4.69) is 20.6 Å². The van der Waals surface area contributed by atoms with Crippen molar-refractivity contribution in [1.29, 1.82) is 0 Å². The fourth-order valence-corrected chi connectivity index (χ4v) is 14.9. The van der Waals surface area contributed by atoms with E-state index in [4.69, 9.17) is 28.4 Å². The number of aliphatic hydroxyl groups is 2. The van der Waals surface area contributed by atoms with Crippen LogP contribution in [-0.2, 0) is 72.7 Å². The maximum absolute atomic E-state index is 13.7. The lowest BCUT2D eigenvalue weighted by atomic mass is 9.98. The third kappa shape index (κ3) is 21.4. The predicted octanol–water partition coefficient (Wildman–Crippen LogP) is 17.8. The van der Waals surface area contributed by atoms with Crippen molar-refractivity contribution in [3.05, 3.63) is 284 Å². The van der Waals surface area contributed by atoms with Crippen molar-refractivity contribution in [2.45, 2.75) is 147 Å². The molecule has 0 spiro atoms. The Bertz CT molecular complexity index is 5570. The third-order valence-corrected chi connectivity index (χ3v) is 20.7. The molecule has 34 heteroatoms. The first-order chi connectivity index (χ1) is 58.4. The highest BCUT2D eigenvalue weighted by Crippen LogP contribution is 2.42. The number of benzene rings is 8. The molecule has 4 N–H and O–H groups in total. The van der Waals surface area contributed by atoms with Crippen LogP contribution in [0.25, 0.3) is 21.7 Å². The highest BCUT2D eigenvalue weighted by Gasteiger charge is 2.50. The number of fused-ring (bicyclic) bond motifs is 2.